The summed E-state index contributed by atoms with van der Waals surface area (Å²) in [6, 6.07) is 8.67. The monoisotopic (exact) mass is 204 g/mol. The minimum atomic E-state index is 0.424. The van der Waals surface area contributed by atoms with Crippen LogP contribution in [0.4, 0.5) is 0 Å². The van der Waals surface area contributed by atoms with Crippen LogP contribution in [0.2, 0.25) is 0 Å². The lowest BCUT2D eigenvalue weighted by Gasteiger charge is -2.17. The van der Waals surface area contributed by atoms with Crippen molar-refractivity contribution in [2.24, 2.45) is 5.92 Å². The lowest BCUT2D eigenvalue weighted by atomic mass is 9.93. The molecule has 1 aromatic rings. The summed E-state index contributed by atoms with van der Waals surface area (Å²) < 4.78 is 0. The topological polar surface area (TPSA) is 0 Å². The second kappa shape index (κ2) is 3.82. The fraction of sp³-hybridized carbons (Fsp3) is 0.385. The molecule has 1 aromatic carbocycles. The van der Waals surface area contributed by atoms with Crippen LogP contribution < -0.4 is 0 Å². The van der Waals surface area contributed by atoms with Crippen LogP contribution in [0.3, 0.4) is 0 Å². The van der Waals surface area contributed by atoms with Gasteiger partial charge in [0.05, 0.1) is 0 Å². The van der Waals surface area contributed by atoms with E-state index in [9.17, 15) is 0 Å². The highest BCUT2D eigenvalue weighted by Crippen LogP contribution is 2.35. The number of benzene rings is 1. The molecule has 2 atom stereocenters. The van der Waals surface area contributed by atoms with Gasteiger partial charge in [0.15, 0.2) is 0 Å². The molecule has 2 rings (SSSR count). The van der Waals surface area contributed by atoms with Crippen molar-refractivity contribution in [2.45, 2.75) is 25.5 Å². The Labute approximate surface area is 91.4 Å². The summed E-state index contributed by atoms with van der Waals surface area (Å²) in [6.45, 7) is 4.42. The van der Waals surface area contributed by atoms with Gasteiger partial charge in [-0.25, -0.2) is 0 Å². The number of rotatable bonds is 2. The zero-order valence-corrected chi connectivity index (χ0v) is 9.59. The van der Waals surface area contributed by atoms with Crippen molar-refractivity contribution < 1.29 is 0 Å². The highest BCUT2D eigenvalue weighted by Gasteiger charge is 2.20. The van der Waals surface area contributed by atoms with Gasteiger partial charge in [-0.1, -0.05) is 44.2 Å². The van der Waals surface area contributed by atoms with Gasteiger partial charge < -0.3 is 0 Å². The van der Waals surface area contributed by atoms with Crippen molar-refractivity contribution in [1.29, 1.82) is 0 Å². The first kappa shape index (κ1) is 9.85. The fourth-order valence-corrected chi connectivity index (χ4v) is 2.16. The molecule has 0 fully saturated rings. The largest absolute Gasteiger partial charge is 0.176 e. The summed E-state index contributed by atoms with van der Waals surface area (Å²) in [5.41, 5.74) is 4.37. The molecule has 0 aliphatic heterocycles. The molecule has 1 heteroatoms. The highest BCUT2D eigenvalue weighted by atomic mass is 32.1. The average Bonchev–Trinajstić information content (AvgIpc) is 2.60. The zero-order valence-electron chi connectivity index (χ0n) is 8.70. The summed E-state index contributed by atoms with van der Waals surface area (Å²) >= 11 is 4.52. The molecule has 0 amide bonds. The van der Waals surface area contributed by atoms with Crippen LogP contribution >= 0.6 is 12.6 Å². The van der Waals surface area contributed by atoms with Gasteiger partial charge in [0.25, 0.3) is 0 Å². The third-order valence-corrected chi connectivity index (χ3v) is 3.53. The average molecular weight is 204 g/mol. The van der Waals surface area contributed by atoms with Gasteiger partial charge in [0.2, 0.25) is 0 Å². The van der Waals surface area contributed by atoms with Gasteiger partial charge in [-0.05, 0) is 29.0 Å². The van der Waals surface area contributed by atoms with Crippen molar-refractivity contribution >= 4 is 18.2 Å². The molecule has 0 nitrogen and oxygen atoms in total. The summed E-state index contributed by atoms with van der Waals surface area (Å²) in [5.74, 6) is 0.544. The first-order valence-electron chi connectivity index (χ1n) is 5.16. The zero-order chi connectivity index (χ0) is 10.1. The van der Waals surface area contributed by atoms with Crippen molar-refractivity contribution in [1.82, 2.24) is 0 Å². The second-order valence-corrected chi connectivity index (χ2v) is 4.86. The minimum absolute atomic E-state index is 0.424. The smallest absolute Gasteiger partial charge is 0.00546 e. The van der Waals surface area contributed by atoms with Crippen LogP contribution in [0.5, 0.6) is 0 Å². The lowest BCUT2D eigenvalue weighted by Crippen LogP contribution is -2.08. The Bertz CT molecular complexity index is 363. The van der Waals surface area contributed by atoms with E-state index in [0.717, 1.165) is 6.42 Å². The van der Waals surface area contributed by atoms with Crippen LogP contribution in [-0.2, 0) is 6.42 Å². The van der Waals surface area contributed by atoms with Gasteiger partial charge in [-0.3, -0.25) is 0 Å². The van der Waals surface area contributed by atoms with E-state index in [1.807, 2.05) is 0 Å². The SMILES string of the molecule is CC(S)C(C)C1=CCc2ccccc21. The number of thiol groups is 1. The lowest BCUT2D eigenvalue weighted by molar-refractivity contribution is 0.741. The van der Waals surface area contributed by atoms with E-state index in [1.165, 1.54) is 16.7 Å². The van der Waals surface area contributed by atoms with Gasteiger partial charge >= 0.3 is 0 Å². The summed E-state index contributed by atoms with van der Waals surface area (Å²) in [5, 5.41) is 0.424. The Morgan fingerprint density at radius 2 is 1.93 bits per heavy atom. The summed E-state index contributed by atoms with van der Waals surface area (Å²) in [6.07, 6.45) is 3.44. The standard InChI is InChI=1S/C13H16S/c1-9(10(2)14)12-8-7-11-5-3-4-6-13(11)12/h3-6,8-10,14H,7H2,1-2H3. The molecule has 0 heterocycles. The van der Waals surface area contributed by atoms with E-state index >= 15 is 0 Å². The molecule has 0 spiro atoms. The van der Waals surface area contributed by atoms with Crippen LogP contribution in [0.25, 0.3) is 5.57 Å². The first-order valence-corrected chi connectivity index (χ1v) is 5.68. The predicted octanol–water partition coefficient (Wildman–Crippen LogP) is 3.58. The Kier molecular flexibility index (Phi) is 2.69. The van der Waals surface area contributed by atoms with E-state index in [2.05, 4.69) is 56.8 Å². The van der Waals surface area contributed by atoms with Crippen molar-refractivity contribution in [2.75, 3.05) is 0 Å². The van der Waals surface area contributed by atoms with E-state index in [0.29, 0.717) is 11.2 Å². The maximum Gasteiger partial charge on any atom is 0.00546 e. The third kappa shape index (κ3) is 1.61. The fourth-order valence-electron chi connectivity index (χ4n) is 2.00. The maximum absolute atomic E-state index is 4.52. The van der Waals surface area contributed by atoms with Gasteiger partial charge in [-0.2, -0.15) is 12.6 Å². The van der Waals surface area contributed by atoms with Gasteiger partial charge in [0, 0.05) is 5.25 Å². The van der Waals surface area contributed by atoms with Crippen molar-refractivity contribution in [3.8, 4) is 0 Å². The molecule has 0 bridgehead atoms. The molecule has 0 N–H and O–H groups in total. The number of allylic oxidation sites excluding steroid dienone is 2. The Morgan fingerprint density at radius 3 is 2.64 bits per heavy atom. The van der Waals surface area contributed by atoms with Crippen molar-refractivity contribution in [3.05, 3.63) is 41.5 Å². The molecule has 14 heavy (non-hydrogen) atoms. The van der Waals surface area contributed by atoms with Gasteiger partial charge in [-0.15, -0.1) is 0 Å². The van der Waals surface area contributed by atoms with Crippen LogP contribution in [0, 0.1) is 5.92 Å². The third-order valence-electron chi connectivity index (χ3n) is 3.08. The molecule has 2 unspecified atom stereocenters. The van der Waals surface area contributed by atoms with E-state index in [1.54, 1.807) is 0 Å². The molecule has 0 aromatic heterocycles. The van der Waals surface area contributed by atoms with E-state index in [4.69, 9.17) is 0 Å². The molecule has 1 aliphatic carbocycles. The number of fused-ring (bicyclic) bond motifs is 1. The number of hydrogen-bond donors (Lipinski definition) is 1. The summed E-state index contributed by atoms with van der Waals surface area (Å²) in [4.78, 5) is 0. The van der Waals surface area contributed by atoms with Crippen LogP contribution in [0.15, 0.2) is 30.3 Å². The van der Waals surface area contributed by atoms with Crippen molar-refractivity contribution in [3.63, 3.8) is 0 Å². The quantitative estimate of drug-likeness (QED) is 0.699. The Hall–Kier alpha value is -0.690. The first-order chi connectivity index (χ1) is 6.70. The van der Waals surface area contributed by atoms with Gasteiger partial charge in [0.1, 0.15) is 0 Å². The van der Waals surface area contributed by atoms with Crippen LogP contribution in [-0.4, -0.2) is 5.25 Å². The molecule has 0 saturated heterocycles. The maximum atomic E-state index is 4.52. The summed E-state index contributed by atoms with van der Waals surface area (Å²) in [7, 11) is 0. The Morgan fingerprint density at radius 1 is 1.21 bits per heavy atom. The Balaban J connectivity index is 2.33. The molecular weight excluding hydrogens is 188 g/mol. The minimum Gasteiger partial charge on any atom is -0.176 e. The predicted molar refractivity (Wildman–Crippen MR) is 65.7 cm³/mol. The normalized spacial score (nSPS) is 18.6. The van der Waals surface area contributed by atoms with E-state index in [-0.39, 0.29) is 0 Å². The highest BCUT2D eigenvalue weighted by molar-refractivity contribution is 7.80. The molecule has 0 saturated carbocycles. The molecule has 74 valence electrons. The number of hydrogen-bond acceptors (Lipinski definition) is 1. The van der Waals surface area contributed by atoms with Crippen LogP contribution in [0.1, 0.15) is 25.0 Å². The molecule has 1 aliphatic rings. The molecular formula is C13H16S. The molecule has 0 radical (unpaired) electrons. The second-order valence-electron chi connectivity index (χ2n) is 4.05. The van der Waals surface area contributed by atoms with E-state index < -0.39 is 0 Å².